The summed E-state index contributed by atoms with van der Waals surface area (Å²) in [7, 11) is 0. The van der Waals surface area contributed by atoms with Crippen LogP contribution in [0, 0.1) is 6.92 Å². The van der Waals surface area contributed by atoms with Gasteiger partial charge in [-0.25, -0.2) is 0 Å². The summed E-state index contributed by atoms with van der Waals surface area (Å²) in [5, 5.41) is 9.68. The molecule has 0 saturated carbocycles. The zero-order valence-electron chi connectivity index (χ0n) is 9.32. The maximum Gasteiger partial charge on any atom is 0.114 e. The van der Waals surface area contributed by atoms with Crippen LogP contribution < -0.4 is 5.73 Å². The Bertz CT molecular complexity index is 297. The molecule has 0 spiro atoms. The molecule has 1 unspecified atom stereocenters. The van der Waals surface area contributed by atoms with Gasteiger partial charge in [-0.2, -0.15) is 0 Å². The van der Waals surface area contributed by atoms with Crippen LogP contribution in [0.5, 0.6) is 0 Å². The number of furan rings is 1. The fraction of sp³-hybridized carbons (Fsp3) is 0.636. The van der Waals surface area contributed by atoms with E-state index in [0.717, 1.165) is 24.4 Å². The van der Waals surface area contributed by atoms with Crippen molar-refractivity contribution >= 4 is 11.8 Å². The number of aryl methyl sites for hydroxylation is 1. The zero-order valence-corrected chi connectivity index (χ0v) is 10.1. The molecule has 4 heteroatoms. The van der Waals surface area contributed by atoms with E-state index >= 15 is 0 Å². The van der Waals surface area contributed by atoms with E-state index in [1.807, 2.05) is 13.0 Å². The lowest BCUT2D eigenvalue weighted by atomic mass is 10.0. The second kappa shape index (κ2) is 5.58. The second-order valence-corrected chi connectivity index (χ2v) is 5.13. The molecule has 0 amide bonds. The Balaban J connectivity index is 2.20. The number of thioether (sulfide) groups is 1. The van der Waals surface area contributed by atoms with Gasteiger partial charge >= 0.3 is 0 Å². The Morgan fingerprint density at radius 1 is 1.60 bits per heavy atom. The highest BCUT2D eigenvalue weighted by atomic mass is 32.2. The van der Waals surface area contributed by atoms with Crippen molar-refractivity contribution < 1.29 is 9.52 Å². The van der Waals surface area contributed by atoms with Gasteiger partial charge in [0, 0.05) is 11.4 Å². The average Bonchev–Trinajstić information content (AvgIpc) is 2.59. The van der Waals surface area contributed by atoms with Crippen molar-refractivity contribution in [1.29, 1.82) is 0 Å². The van der Waals surface area contributed by atoms with E-state index in [-0.39, 0.29) is 0 Å². The summed E-state index contributed by atoms with van der Waals surface area (Å²) in [4.78, 5) is 1.18. The van der Waals surface area contributed by atoms with E-state index in [1.54, 1.807) is 24.9 Å². The van der Waals surface area contributed by atoms with Crippen molar-refractivity contribution in [2.75, 3.05) is 12.3 Å². The van der Waals surface area contributed by atoms with Crippen LogP contribution >= 0.6 is 11.8 Å². The summed E-state index contributed by atoms with van der Waals surface area (Å²) in [6.45, 7) is 4.06. The molecule has 15 heavy (non-hydrogen) atoms. The third kappa shape index (κ3) is 4.28. The molecular formula is C11H19NO2S. The largest absolute Gasteiger partial charge is 0.468 e. The predicted molar refractivity (Wildman–Crippen MR) is 63.1 cm³/mol. The van der Waals surface area contributed by atoms with Gasteiger partial charge in [-0.3, -0.25) is 0 Å². The van der Waals surface area contributed by atoms with Crippen LogP contribution in [0.25, 0.3) is 0 Å². The minimum absolute atomic E-state index is 0.322. The standard InChI is InChI=1S/C11H19NO2S/c1-9-10(4-6-14-9)15-7-3-5-11(2,13)8-12/h4,6,13H,3,5,7-8,12H2,1-2H3. The maximum absolute atomic E-state index is 9.68. The highest BCUT2D eigenvalue weighted by Gasteiger charge is 2.16. The van der Waals surface area contributed by atoms with E-state index in [0.29, 0.717) is 6.54 Å². The average molecular weight is 229 g/mol. The summed E-state index contributed by atoms with van der Waals surface area (Å²) in [6, 6.07) is 1.97. The molecule has 3 nitrogen and oxygen atoms in total. The van der Waals surface area contributed by atoms with Crippen molar-refractivity contribution in [2.45, 2.75) is 37.2 Å². The summed E-state index contributed by atoms with van der Waals surface area (Å²) < 4.78 is 5.19. The second-order valence-electron chi connectivity index (χ2n) is 3.99. The minimum Gasteiger partial charge on any atom is -0.468 e. The van der Waals surface area contributed by atoms with Gasteiger partial charge in [-0.05, 0) is 38.5 Å². The van der Waals surface area contributed by atoms with E-state index in [9.17, 15) is 5.11 Å². The molecule has 3 N–H and O–H groups in total. The number of rotatable bonds is 6. The quantitative estimate of drug-likeness (QED) is 0.580. The van der Waals surface area contributed by atoms with E-state index in [1.165, 1.54) is 4.90 Å². The number of hydrogen-bond donors (Lipinski definition) is 2. The fourth-order valence-electron chi connectivity index (χ4n) is 1.26. The lowest BCUT2D eigenvalue weighted by Crippen LogP contribution is -2.34. The van der Waals surface area contributed by atoms with Crippen LogP contribution in [-0.4, -0.2) is 23.0 Å². The zero-order chi connectivity index (χ0) is 11.3. The normalized spacial score (nSPS) is 15.2. The number of aliphatic hydroxyl groups is 1. The monoisotopic (exact) mass is 229 g/mol. The molecule has 0 saturated heterocycles. The molecule has 1 atom stereocenters. The highest BCUT2D eigenvalue weighted by molar-refractivity contribution is 7.99. The van der Waals surface area contributed by atoms with Crippen LogP contribution in [0.3, 0.4) is 0 Å². The molecule has 0 aliphatic rings. The molecule has 1 aromatic rings. The topological polar surface area (TPSA) is 59.4 Å². The predicted octanol–water partition coefficient (Wildman–Crippen LogP) is 2.17. The van der Waals surface area contributed by atoms with Gasteiger partial charge < -0.3 is 15.3 Å². The summed E-state index contributed by atoms with van der Waals surface area (Å²) >= 11 is 1.76. The Labute approximate surface area is 95.0 Å². The molecule has 86 valence electrons. The minimum atomic E-state index is -0.716. The lowest BCUT2D eigenvalue weighted by molar-refractivity contribution is 0.0596. The molecular weight excluding hydrogens is 210 g/mol. The molecule has 0 aromatic carbocycles. The van der Waals surface area contributed by atoms with E-state index < -0.39 is 5.60 Å². The third-order valence-corrected chi connectivity index (χ3v) is 3.60. The molecule has 0 bridgehead atoms. The molecule has 0 fully saturated rings. The summed E-state index contributed by atoms with van der Waals surface area (Å²) in [5.41, 5.74) is 4.72. The van der Waals surface area contributed by atoms with Gasteiger partial charge in [-0.15, -0.1) is 11.8 Å². The first-order valence-electron chi connectivity index (χ1n) is 5.14. The third-order valence-electron chi connectivity index (χ3n) is 2.37. The Kier molecular flexibility index (Phi) is 4.70. The Morgan fingerprint density at radius 3 is 2.87 bits per heavy atom. The van der Waals surface area contributed by atoms with Gasteiger partial charge in [-0.1, -0.05) is 0 Å². The van der Waals surface area contributed by atoms with Crippen molar-refractivity contribution in [3.63, 3.8) is 0 Å². The van der Waals surface area contributed by atoms with Gasteiger partial charge in [0.05, 0.1) is 11.9 Å². The number of nitrogens with two attached hydrogens (primary N) is 1. The van der Waals surface area contributed by atoms with Gasteiger partial charge in [0.15, 0.2) is 0 Å². The first-order valence-corrected chi connectivity index (χ1v) is 6.13. The summed E-state index contributed by atoms with van der Waals surface area (Å²) in [5.74, 6) is 1.95. The van der Waals surface area contributed by atoms with Gasteiger partial charge in [0.25, 0.3) is 0 Å². The van der Waals surface area contributed by atoms with Crippen molar-refractivity contribution in [2.24, 2.45) is 5.73 Å². The van der Waals surface area contributed by atoms with Gasteiger partial charge in [0.2, 0.25) is 0 Å². The van der Waals surface area contributed by atoms with Gasteiger partial charge in [0.1, 0.15) is 5.76 Å². The molecule has 1 rings (SSSR count). The van der Waals surface area contributed by atoms with Crippen molar-refractivity contribution in [3.8, 4) is 0 Å². The number of hydrogen-bond acceptors (Lipinski definition) is 4. The molecule has 0 aliphatic heterocycles. The van der Waals surface area contributed by atoms with Crippen LogP contribution in [0.2, 0.25) is 0 Å². The molecule has 0 aliphatic carbocycles. The Morgan fingerprint density at radius 2 is 2.33 bits per heavy atom. The first kappa shape index (κ1) is 12.6. The highest BCUT2D eigenvalue weighted by Crippen LogP contribution is 2.24. The maximum atomic E-state index is 9.68. The van der Waals surface area contributed by atoms with Crippen LogP contribution in [-0.2, 0) is 0 Å². The Hall–Kier alpha value is -0.450. The van der Waals surface area contributed by atoms with Crippen LogP contribution in [0.15, 0.2) is 21.6 Å². The first-order chi connectivity index (χ1) is 7.05. The SMILES string of the molecule is Cc1occc1SCCCC(C)(O)CN. The fourth-order valence-corrected chi connectivity index (χ4v) is 2.17. The van der Waals surface area contributed by atoms with Crippen LogP contribution in [0.1, 0.15) is 25.5 Å². The van der Waals surface area contributed by atoms with Crippen molar-refractivity contribution in [1.82, 2.24) is 0 Å². The van der Waals surface area contributed by atoms with E-state index in [2.05, 4.69) is 0 Å². The van der Waals surface area contributed by atoms with E-state index in [4.69, 9.17) is 10.2 Å². The smallest absolute Gasteiger partial charge is 0.114 e. The molecule has 1 heterocycles. The molecule has 1 aromatic heterocycles. The van der Waals surface area contributed by atoms with Crippen LogP contribution in [0.4, 0.5) is 0 Å². The summed E-state index contributed by atoms with van der Waals surface area (Å²) in [6.07, 6.45) is 3.40. The molecule has 0 radical (unpaired) electrons. The lowest BCUT2D eigenvalue weighted by Gasteiger charge is -2.20. The van der Waals surface area contributed by atoms with Crippen molar-refractivity contribution in [3.05, 3.63) is 18.1 Å².